The van der Waals surface area contributed by atoms with E-state index < -0.39 is 0 Å². The molecule has 1 heteroatoms. The van der Waals surface area contributed by atoms with Crippen LogP contribution in [-0.2, 0) is 19.3 Å². The Balaban J connectivity index is 1.11. The average Bonchev–Trinajstić information content (AvgIpc) is 2.93. The van der Waals surface area contributed by atoms with Crippen LogP contribution in [0.4, 0.5) is 0 Å². The number of unbranched alkanes of at least 4 members (excludes halogenated alkanes) is 4. The predicted molar refractivity (Wildman–Crippen MR) is 158 cm³/mol. The highest BCUT2D eigenvalue weighted by molar-refractivity contribution is 6.30. The second-order valence-electron chi connectivity index (χ2n) is 11.1. The first-order chi connectivity index (χ1) is 17.7. The van der Waals surface area contributed by atoms with Gasteiger partial charge in [0.25, 0.3) is 0 Å². The maximum Gasteiger partial charge on any atom is 0.0406 e. The fourth-order valence-corrected chi connectivity index (χ4v) is 5.99. The molecule has 0 aliphatic heterocycles. The monoisotopic (exact) mass is 500 g/mol. The highest BCUT2D eigenvalue weighted by atomic mass is 35.5. The standard InChI is InChI=1S/C35H45Cl/c1-2-3-4-5-6-7-28-8-10-29(11-9-28)12-13-30-14-16-31(17-15-30)18-19-32-20-22-33(23-21-32)34-24-26-35(36)27-25-34/h8-11,20-27,30-31H,2-7,12-19H2,1H3. The van der Waals surface area contributed by atoms with E-state index in [0.717, 1.165) is 16.9 Å². The van der Waals surface area contributed by atoms with Gasteiger partial charge in [0.05, 0.1) is 0 Å². The fraction of sp³-hybridized carbons (Fsp3) is 0.486. The van der Waals surface area contributed by atoms with Crippen molar-refractivity contribution in [1.29, 1.82) is 0 Å². The van der Waals surface area contributed by atoms with E-state index in [-0.39, 0.29) is 0 Å². The minimum Gasteiger partial charge on any atom is -0.0843 e. The first kappa shape index (κ1) is 27.0. The van der Waals surface area contributed by atoms with Crippen molar-refractivity contribution in [3.63, 3.8) is 0 Å². The van der Waals surface area contributed by atoms with Crippen molar-refractivity contribution in [2.45, 2.75) is 96.8 Å². The van der Waals surface area contributed by atoms with Gasteiger partial charge in [-0.1, -0.05) is 131 Å². The van der Waals surface area contributed by atoms with Gasteiger partial charge in [0.2, 0.25) is 0 Å². The van der Waals surface area contributed by atoms with E-state index in [1.165, 1.54) is 118 Å². The summed E-state index contributed by atoms with van der Waals surface area (Å²) in [5.41, 5.74) is 7.04. The summed E-state index contributed by atoms with van der Waals surface area (Å²) < 4.78 is 0. The fourth-order valence-electron chi connectivity index (χ4n) is 5.86. The van der Waals surface area contributed by atoms with Gasteiger partial charge in [-0.25, -0.2) is 0 Å². The molecule has 0 radical (unpaired) electrons. The second kappa shape index (κ2) is 14.6. The van der Waals surface area contributed by atoms with E-state index in [1.807, 2.05) is 12.1 Å². The highest BCUT2D eigenvalue weighted by Gasteiger charge is 2.21. The molecule has 0 heterocycles. The average molecular weight is 501 g/mol. The quantitative estimate of drug-likeness (QED) is 0.205. The van der Waals surface area contributed by atoms with Gasteiger partial charge in [-0.05, 0) is 90.3 Å². The molecule has 1 aliphatic rings. The Morgan fingerprint density at radius 2 is 0.944 bits per heavy atom. The van der Waals surface area contributed by atoms with E-state index >= 15 is 0 Å². The van der Waals surface area contributed by atoms with Crippen LogP contribution in [-0.4, -0.2) is 0 Å². The number of benzene rings is 3. The van der Waals surface area contributed by atoms with Crippen molar-refractivity contribution >= 4 is 11.6 Å². The zero-order chi connectivity index (χ0) is 25.0. The molecular formula is C35H45Cl. The van der Waals surface area contributed by atoms with E-state index in [9.17, 15) is 0 Å². The van der Waals surface area contributed by atoms with Gasteiger partial charge in [-0.3, -0.25) is 0 Å². The summed E-state index contributed by atoms with van der Waals surface area (Å²) in [6.07, 6.45) is 19.0. The Labute approximate surface area is 225 Å². The lowest BCUT2D eigenvalue weighted by molar-refractivity contribution is 0.253. The first-order valence-corrected chi connectivity index (χ1v) is 15.0. The summed E-state index contributed by atoms with van der Waals surface area (Å²) >= 11 is 6.02. The minimum absolute atomic E-state index is 0.794. The summed E-state index contributed by atoms with van der Waals surface area (Å²) in [7, 11) is 0. The molecule has 0 amide bonds. The van der Waals surface area contributed by atoms with Crippen molar-refractivity contribution < 1.29 is 0 Å². The molecule has 0 spiro atoms. The molecule has 0 saturated heterocycles. The van der Waals surface area contributed by atoms with E-state index in [0.29, 0.717) is 0 Å². The van der Waals surface area contributed by atoms with Crippen LogP contribution in [0.2, 0.25) is 5.02 Å². The molecular weight excluding hydrogens is 456 g/mol. The van der Waals surface area contributed by atoms with Crippen LogP contribution in [0, 0.1) is 11.8 Å². The first-order valence-electron chi connectivity index (χ1n) is 14.6. The molecule has 4 rings (SSSR count). The Kier molecular flexibility index (Phi) is 11.0. The van der Waals surface area contributed by atoms with Gasteiger partial charge in [0.1, 0.15) is 0 Å². The normalized spacial score (nSPS) is 17.8. The van der Waals surface area contributed by atoms with Crippen molar-refractivity contribution in [3.8, 4) is 11.1 Å². The molecule has 0 N–H and O–H groups in total. The molecule has 0 bridgehead atoms. The Hall–Kier alpha value is -2.05. The highest BCUT2D eigenvalue weighted by Crippen LogP contribution is 2.34. The van der Waals surface area contributed by atoms with Crippen LogP contribution in [0.25, 0.3) is 11.1 Å². The maximum absolute atomic E-state index is 6.02. The Morgan fingerprint density at radius 3 is 1.44 bits per heavy atom. The maximum atomic E-state index is 6.02. The van der Waals surface area contributed by atoms with Gasteiger partial charge in [-0.2, -0.15) is 0 Å². The Morgan fingerprint density at radius 1 is 0.528 bits per heavy atom. The van der Waals surface area contributed by atoms with Crippen molar-refractivity contribution in [2.24, 2.45) is 11.8 Å². The summed E-state index contributed by atoms with van der Waals surface area (Å²) in [5, 5.41) is 0.794. The molecule has 3 aromatic rings. The van der Waals surface area contributed by atoms with Crippen molar-refractivity contribution in [3.05, 3.63) is 94.5 Å². The second-order valence-corrected chi connectivity index (χ2v) is 11.6. The zero-order valence-corrected chi connectivity index (χ0v) is 23.1. The van der Waals surface area contributed by atoms with Crippen LogP contribution in [0.15, 0.2) is 72.8 Å². The molecule has 0 nitrogen and oxygen atoms in total. The largest absolute Gasteiger partial charge is 0.0843 e. The number of hydrogen-bond donors (Lipinski definition) is 0. The van der Waals surface area contributed by atoms with Crippen molar-refractivity contribution in [1.82, 2.24) is 0 Å². The number of hydrogen-bond acceptors (Lipinski definition) is 0. The SMILES string of the molecule is CCCCCCCc1ccc(CCC2CCC(CCc3ccc(-c4ccc(Cl)cc4)cc3)CC2)cc1. The molecule has 0 atom stereocenters. The number of aryl methyl sites for hydroxylation is 3. The van der Waals surface area contributed by atoms with Gasteiger partial charge in [-0.15, -0.1) is 0 Å². The number of halogens is 1. The van der Waals surface area contributed by atoms with Gasteiger partial charge < -0.3 is 0 Å². The molecule has 3 aromatic carbocycles. The van der Waals surface area contributed by atoms with Gasteiger partial charge >= 0.3 is 0 Å². The molecule has 36 heavy (non-hydrogen) atoms. The number of rotatable bonds is 13. The molecule has 1 fully saturated rings. The smallest absolute Gasteiger partial charge is 0.0406 e. The Bertz CT molecular complexity index is 992. The van der Waals surface area contributed by atoms with Crippen LogP contribution < -0.4 is 0 Å². The lowest BCUT2D eigenvalue weighted by Gasteiger charge is -2.28. The third-order valence-corrected chi connectivity index (χ3v) is 8.62. The minimum atomic E-state index is 0.794. The lowest BCUT2D eigenvalue weighted by atomic mass is 9.77. The van der Waals surface area contributed by atoms with Crippen LogP contribution >= 0.6 is 11.6 Å². The molecule has 0 aromatic heterocycles. The third-order valence-electron chi connectivity index (χ3n) is 8.37. The zero-order valence-electron chi connectivity index (χ0n) is 22.4. The predicted octanol–water partition coefficient (Wildman–Crippen LogP) is 10.9. The van der Waals surface area contributed by atoms with E-state index in [4.69, 9.17) is 11.6 Å². The summed E-state index contributed by atoms with van der Waals surface area (Å²) in [5.74, 6) is 1.84. The third kappa shape index (κ3) is 8.81. The molecule has 1 saturated carbocycles. The topological polar surface area (TPSA) is 0 Å². The van der Waals surface area contributed by atoms with Crippen LogP contribution in [0.3, 0.4) is 0 Å². The summed E-state index contributed by atoms with van der Waals surface area (Å²) in [6, 6.07) is 26.8. The van der Waals surface area contributed by atoms with E-state index in [1.54, 1.807) is 0 Å². The van der Waals surface area contributed by atoms with Crippen LogP contribution in [0.5, 0.6) is 0 Å². The van der Waals surface area contributed by atoms with Crippen molar-refractivity contribution in [2.75, 3.05) is 0 Å². The van der Waals surface area contributed by atoms with Crippen LogP contribution in [0.1, 0.15) is 94.2 Å². The summed E-state index contributed by atoms with van der Waals surface area (Å²) in [4.78, 5) is 0. The van der Waals surface area contributed by atoms with Gasteiger partial charge in [0.15, 0.2) is 0 Å². The molecule has 0 unspecified atom stereocenters. The summed E-state index contributed by atoms with van der Waals surface area (Å²) in [6.45, 7) is 2.29. The molecule has 192 valence electrons. The van der Waals surface area contributed by atoms with E-state index in [2.05, 4.69) is 67.6 Å². The lowest BCUT2D eigenvalue weighted by Crippen LogP contribution is -2.15. The van der Waals surface area contributed by atoms with Gasteiger partial charge in [0, 0.05) is 5.02 Å². The molecule has 1 aliphatic carbocycles.